The summed E-state index contributed by atoms with van der Waals surface area (Å²) in [5.41, 5.74) is 4.65. The van der Waals surface area contributed by atoms with Crippen LogP contribution in [0.25, 0.3) is 17.2 Å². The number of carbonyl (C=O) groups is 2. The maximum absolute atomic E-state index is 13.0. The van der Waals surface area contributed by atoms with Crippen molar-refractivity contribution in [2.24, 2.45) is 0 Å². The number of fused-ring (bicyclic) bond motifs is 1. The number of anilines is 4. The summed E-state index contributed by atoms with van der Waals surface area (Å²) in [7, 11) is 2.00. The summed E-state index contributed by atoms with van der Waals surface area (Å²) in [4.78, 5) is 40.0. The SMILES string of the molecule is CCN(C)c1ccc(C(=O)Nc2cccc(-c3nc(Nc4ccc(C(=O)O)cc4)n4ccnc4n3)c2C)cc1. The van der Waals surface area contributed by atoms with Crippen LogP contribution in [0, 0.1) is 6.92 Å². The summed E-state index contributed by atoms with van der Waals surface area (Å²) >= 11 is 0. The van der Waals surface area contributed by atoms with E-state index in [-0.39, 0.29) is 11.5 Å². The van der Waals surface area contributed by atoms with Crippen molar-refractivity contribution in [3.05, 3.63) is 95.8 Å². The topological polar surface area (TPSA) is 125 Å². The zero-order valence-electron chi connectivity index (χ0n) is 21.7. The van der Waals surface area contributed by atoms with Crippen LogP contribution in [0.1, 0.15) is 33.2 Å². The molecule has 0 aliphatic carbocycles. The standard InChI is InChI=1S/C29H27N7O3/c1-4-35(3)22-14-10-19(11-15-22)26(37)32-24-7-5-6-23(18(24)2)25-33-28-30-16-17-36(28)29(34-25)31-21-12-8-20(9-13-21)27(38)39/h5-17H,4H2,1-3H3,(H,32,37)(H,38,39)(H,30,31,33,34). The van der Waals surface area contributed by atoms with Gasteiger partial charge in [-0.15, -0.1) is 0 Å². The second-order valence-corrected chi connectivity index (χ2v) is 8.97. The molecular weight excluding hydrogens is 494 g/mol. The van der Waals surface area contributed by atoms with Crippen molar-refractivity contribution in [2.75, 3.05) is 29.1 Å². The van der Waals surface area contributed by atoms with E-state index in [1.54, 1.807) is 28.9 Å². The minimum atomic E-state index is -0.994. The number of carboxylic acid groups (broad SMARTS) is 1. The van der Waals surface area contributed by atoms with E-state index >= 15 is 0 Å². The van der Waals surface area contributed by atoms with E-state index in [2.05, 4.69) is 32.4 Å². The van der Waals surface area contributed by atoms with Crippen LogP contribution in [0.4, 0.5) is 23.0 Å². The fourth-order valence-electron chi connectivity index (χ4n) is 4.11. The van der Waals surface area contributed by atoms with Crippen LogP contribution in [0.15, 0.2) is 79.1 Å². The number of nitrogens with one attached hydrogen (secondary N) is 2. The molecule has 0 saturated carbocycles. The maximum Gasteiger partial charge on any atom is 0.335 e. The zero-order chi connectivity index (χ0) is 27.5. The third kappa shape index (κ3) is 5.26. The molecule has 2 aromatic heterocycles. The third-order valence-electron chi connectivity index (χ3n) is 6.52. The van der Waals surface area contributed by atoms with Crippen molar-refractivity contribution >= 4 is 40.7 Å². The Kier molecular flexibility index (Phi) is 6.92. The number of carbonyl (C=O) groups excluding carboxylic acids is 1. The molecule has 5 rings (SSSR count). The second-order valence-electron chi connectivity index (χ2n) is 8.97. The first-order valence-electron chi connectivity index (χ1n) is 12.4. The lowest BCUT2D eigenvalue weighted by Crippen LogP contribution is -2.16. The van der Waals surface area contributed by atoms with Gasteiger partial charge in [-0.2, -0.15) is 9.97 Å². The van der Waals surface area contributed by atoms with Crippen molar-refractivity contribution in [2.45, 2.75) is 13.8 Å². The van der Waals surface area contributed by atoms with Gasteiger partial charge in [-0.1, -0.05) is 12.1 Å². The van der Waals surface area contributed by atoms with Gasteiger partial charge in [-0.05, 0) is 74.0 Å². The van der Waals surface area contributed by atoms with Gasteiger partial charge in [0.15, 0.2) is 5.82 Å². The number of carboxylic acids is 1. The lowest BCUT2D eigenvalue weighted by atomic mass is 10.1. The van der Waals surface area contributed by atoms with Crippen molar-refractivity contribution in [1.82, 2.24) is 19.4 Å². The first-order valence-corrected chi connectivity index (χ1v) is 12.4. The highest BCUT2D eigenvalue weighted by Crippen LogP contribution is 2.29. The number of hydrogen-bond donors (Lipinski definition) is 3. The smallest absolute Gasteiger partial charge is 0.335 e. The summed E-state index contributed by atoms with van der Waals surface area (Å²) < 4.78 is 1.70. The van der Waals surface area contributed by atoms with Gasteiger partial charge in [0.2, 0.25) is 11.7 Å². The molecule has 0 radical (unpaired) electrons. The minimum Gasteiger partial charge on any atom is -0.478 e. The van der Waals surface area contributed by atoms with Gasteiger partial charge >= 0.3 is 5.97 Å². The van der Waals surface area contributed by atoms with Gasteiger partial charge in [-0.3, -0.25) is 9.20 Å². The predicted octanol–water partition coefficient (Wildman–Crippen LogP) is 5.25. The molecule has 0 fully saturated rings. The van der Waals surface area contributed by atoms with E-state index in [9.17, 15) is 9.59 Å². The van der Waals surface area contributed by atoms with Crippen LogP contribution in [0.5, 0.6) is 0 Å². The fourth-order valence-corrected chi connectivity index (χ4v) is 4.11. The van der Waals surface area contributed by atoms with Gasteiger partial charge in [0.1, 0.15) is 0 Å². The highest BCUT2D eigenvalue weighted by molar-refractivity contribution is 6.05. The molecule has 39 heavy (non-hydrogen) atoms. The summed E-state index contributed by atoms with van der Waals surface area (Å²) in [6, 6.07) is 19.4. The van der Waals surface area contributed by atoms with Crippen molar-refractivity contribution in [3.8, 4) is 11.4 Å². The molecule has 2 heterocycles. The predicted molar refractivity (Wildman–Crippen MR) is 151 cm³/mol. The second kappa shape index (κ2) is 10.6. The fraction of sp³-hybridized carbons (Fsp3) is 0.138. The lowest BCUT2D eigenvalue weighted by Gasteiger charge is -2.17. The van der Waals surface area contributed by atoms with Crippen LogP contribution in [0.2, 0.25) is 0 Å². The van der Waals surface area contributed by atoms with E-state index in [0.29, 0.717) is 34.5 Å². The zero-order valence-corrected chi connectivity index (χ0v) is 21.7. The van der Waals surface area contributed by atoms with E-state index < -0.39 is 5.97 Å². The first kappa shape index (κ1) is 25.4. The van der Waals surface area contributed by atoms with Crippen LogP contribution in [-0.2, 0) is 0 Å². The number of imidazole rings is 1. The highest BCUT2D eigenvalue weighted by Gasteiger charge is 2.16. The Morgan fingerprint density at radius 2 is 1.69 bits per heavy atom. The Bertz CT molecular complexity index is 1660. The van der Waals surface area contributed by atoms with Crippen molar-refractivity contribution in [3.63, 3.8) is 0 Å². The number of nitrogens with zero attached hydrogens (tertiary/aromatic N) is 5. The summed E-state index contributed by atoms with van der Waals surface area (Å²) in [5, 5.41) is 15.4. The molecule has 0 unspecified atom stereocenters. The number of hydrogen-bond acceptors (Lipinski definition) is 7. The van der Waals surface area contributed by atoms with E-state index in [1.807, 2.05) is 56.4 Å². The Morgan fingerprint density at radius 3 is 2.38 bits per heavy atom. The molecule has 0 aliphatic heterocycles. The number of rotatable bonds is 8. The van der Waals surface area contributed by atoms with Gasteiger partial charge in [0, 0.05) is 54.2 Å². The van der Waals surface area contributed by atoms with Crippen molar-refractivity contribution in [1.29, 1.82) is 0 Å². The lowest BCUT2D eigenvalue weighted by molar-refractivity contribution is 0.0696. The molecule has 5 aromatic rings. The molecule has 0 aliphatic rings. The van der Waals surface area contributed by atoms with Crippen LogP contribution < -0.4 is 15.5 Å². The molecule has 1 amide bonds. The maximum atomic E-state index is 13.0. The molecule has 196 valence electrons. The molecule has 0 saturated heterocycles. The van der Waals surface area contributed by atoms with E-state index in [1.165, 1.54) is 12.1 Å². The third-order valence-corrected chi connectivity index (χ3v) is 6.52. The Balaban J connectivity index is 1.44. The molecular formula is C29H27N7O3. The average Bonchev–Trinajstić information content (AvgIpc) is 3.43. The number of aromatic nitrogens is 4. The van der Waals surface area contributed by atoms with Crippen LogP contribution in [0.3, 0.4) is 0 Å². The van der Waals surface area contributed by atoms with Gasteiger partial charge in [-0.25, -0.2) is 9.78 Å². The quantitative estimate of drug-likeness (QED) is 0.253. The van der Waals surface area contributed by atoms with E-state index in [4.69, 9.17) is 10.1 Å². The van der Waals surface area contributed by atoms with Gasteiger partial charge in [0.05, 0.1) is 5.56 Å². The molecule has 10 nitrogen and oxygen atoms in total. The number of benzene rings is 3. The highest BCUT2D eigenvalue weighted by atomic mass is 16.4. The normalized spacial score (nSPS) is 10.8. The monoisotopic (exact) mass is 521 g/mol. The Labute approximate surface area is 225 Å². The Hall–Kier alpha value is -5.25. The summed E-state index contributed by atoms with van der Waals surface area (Å²) in [6.07, 6.45) is 3.36. The summed E-state index contributed by atoms with van der Waals surface area (Å²) in [5.74, 6) is 0.125. The van der Waals surface area contributed by atoms with E-state index in [0.717, 1.165) is 23.4 Å². The molecule has 10 heteroatoms. The van der Waals surface area contributed by atoms with Gasteiger partial charge < -0.3 is 20.6 Å². The molecule has 0 bridgehead atoms. The largest absolute Gasteiger partial charge is 0.478 e. The number of aromatic carboxylic acids is 1. The average molecular weight is 522 g/mol. The Morgan fingerprint density at radius 1 is 0.974 bits per heavy atom. The number of amides is 1. The molecule has 3 aromatic carbocycles. The van der Waals surface area contributed by atoms with Gasteiger partial charge in [0.25, 0.3) is 5.91 Å². The summed E-state index contributed by atoms with van der Waals surface area (Å²) in [6.45, 7) is 4.85. The van der Waals surface area contributed by atoms with Crippen LogP contribution in [-0.4, -0.2) is 49.9 Å². The van der Waals surface area contributed by atoms with Crippen molar-refractivity contribution < 1.29 is 14.7 Å². The van der Waals surface area contributed by atoms with Crippen LogP contribution >= 0.6 is 0 Å². The minimum absolute atomic E-state index is 0.190. The molecule has 0 spiro atoms. The first-order chi connectivity index (χ1) is 18.8. The molecule has 3 N–H and O–H groups in total. The molecule has 0 atom stereocenters.